The van der Waals surface area contributed by atoms with E-state index in [4.69, 9.17) is 0 Å². The first-order valence-corrected chi connectivity index (χ1v) is 7.75. The SMILES string of the molecule is CSC1CCCC1n1c(C)c(C(=O)O)c(C)cc1=O. The van der Waals surface area contributed by atoms with E-state index < -0.39 is 5.97 Å². The summed E-state index contributed by atoms with van der Waals surface area (Å²) in [7, 11) is 0. The number of aromatic nitrogens is 1. The number of hydrogen-bond donors (Lipinski definition) is 1. The van der Waals surface area contributed by atoms with E-state index in [-0.39, 0.29) is 17.2 Å². The van der Waals surface area contributed by atoms with E-state index in [1.54, 1.807) is 30.2 Å². The van der Waals surface area contributed by atoms with Gasteiger partial charge >= 0.3 is 5.97 Å². The number of nitrogens with zero attached hydrogens (tertiary/aromatic N) is 1. The van der Waals surface area contributed by atoms with Gasteiger partial charge in [-0.2, -0.15) is 11.8 Å². The predicted octanol–water partition coefficient (Wildman–Crippen LogP) is 2.62. The van der Waals surface area contributed by atoms with Crippen molar-refractivity contribution in [3.8, 4) is 0 Å². The summed E-state index contributed by atoms with van der Waals surface area (Å²) in [6.45, 7) is 3.43. The number of aromatic carboxylic acids is 1. The van der Waals surface area contributed by atoms with Crippen LogP contribution in [0.2, 0.25) is 0 Å². The maximum atomic E-state index is 12.2. The lowest BCUT2D eigenvalue weighted by Gasteiger charge is -2.24. The number of thioether (sulfide) groups is 1. The lowest BCUT2D eigenvalue weighted by atomic mass is 10.1. The lowest BCUT2D eigenvalue weighted by Crippen LogP contribution is -2.31. The molecule has 1 aliphatic carbocycles. The summed E-state index contributed by atoms with van der Waals surface area (Å²) < 4.78 is 1.70. The van der Waals surface area contributed by atoms with Crippen LogP contribution in [0.4, 0.5) is 0 Å². The van der Waals surface area contributed by atoms with Crippen LogP contribution < -0.4 is 5.56 Å². The topological polar surface area (TPSA) is 59.3 Å². The summed E-state index contributed by atoms with van der Waals surface area (Å²) in [5.41, 5.74) is 1.32. The van der Waals surface area contributed by atoms with Gasteiger partial charge in [-0.3, -0.25) is 4.79 Å². The van der Waals surface area contributed by atoms with Crippen LogP contribution in [0.5, 0.6) is 0 Å². The van der Waals surface area contributed by atoms with Crippen LogP contribution in [-0.2, 0) is 0 Å². The maximum absolute atomic E-state index is 12.2. The first-order valence-electron chi connectivity index (χ1n) is 6.46. The quantitative estimate of drug-likeness (QED) is 0.925. The van der Waals surface area contributed by atoms with Gasteiger partial charge in [0.05, 0.1) is 5.56 Å². The van der Waals surface area contributed by atoms with Crippen molar-refractivity contribution in [1.29, 1.82) is 0 Å². The van der Waals surface area contributed by atoms with E-state index in [0.717, 1.165) is 19.3 Å². The molecule has 1 aromatic rings. The van der Waals surface area contributed by atoms with E-state index in [0.29, 0.717) is 16.5 Å². The molecule has 1 fully saturated rings. The first-order chi connectivity index (χ1) is 8.97. The van der Waals surface area contributed by atoms with Gasteiger partial charge in [-0.1, -0.05) is 6.42 Å². The van der Waals surface area contributed by atoms with Gasteiger partial charge in [0.2, 0.25) is 0 Å². The molecule has 2 rings (SSSR count). The third-order valence-electron chi connectivity index (χ3n) is 3.96. The molecule has 0 amide bonds. The molecule has 0 radical (unpaired) electrons. The van der Waals surface area contributed by atoms with Gasteiger partial charge in [-0.05, 0) is 38.5 Å². The van der Waals surface area contributed by atoms with Gasteiger partial charge < -0.3 is 9.67 Å². The second-order valence-corrected chi connectivity index (χ2v) is 6.15. The standard InChI is InChI=1S/C14H19NO3S/c1-8-7-12(16)15(9(2)13(8)14(17)18)10-5-4-6-11(10)19-3/h7,10-11H,4-6H2,1-3H3,(H,17,18). The highest BCUT2D eigenvalue weighted by Gasteiger charge is 2.31. The number of aryl methyl sites for hydroxylation is 1. The highest BCUT2D eigenvalue weighted by atomic mass is 32.2. The molecule has 0 bridgehead atoms. The smallest absolute Gasteiger partial charge is 0.337 e. The number of pyridine rings is 1. The molecule has 0 saturated heterocycles. The average molecular weight is 281 g/mol. The van der Waals surface area contributed by atoms with Crippen molar-refractivity contribution in [2.45, 2.75) is 44.4 Å². The summed E-state index contributed by atoms with van der Waals surface area (Å²) in [6.07, 6.45) is 5.19. The van der Waals surface area contributed by atoms with E-state index in [1.165, 1.54) is 6.07 Å². The highest BCUT2D eigenvalue weighted by Crippen LogP contribution is 2.37. The van der Waals surface area contributed by atoms with Crippen LogP contribution in [-0.4, -0.2) is 27.1 Å². The van der Waals surface area contributed by atoms with Gasteiger partial charge in [0, 0.05) is 23.1 Å². The Bertz CT molecular complexity index is 565. The van der Waals surface area contributed by atoms with Gasteiger partial charge in [0.25, 0.3) is 5.56 Å². The molecule has 0 aliphatic heterocycles. The van der Waals surface area contributed by atoms with E-state index >= 15 is 0 Å². The second-order valence-electron chi connectivity index (χ2n) is 5.07. The molecule has 0 aromatic carbocycles. The summed E-state index contributed by atoms with van der Waals surface area (Å²) >= 11 is 1.76. The zero-order valence-corrected chi connectivity index (χ0v) is 12.3. The maximum Gasteiger partial charge on any atom is 0.337 e. The molecule has 2 unspecified atom stereocenters. The van der Waals surface area contributed by atoms with Crippen LogP contribution in [0, 0.1) is 13.8 Å². The molecule has 104 valence electrons. The normalized spacial score (nSPS) is 22.7. The minimum atomic E-state index is -0.956. The molecule has 19 heavy (non-hydrogen) atoms. The zero-order valence-electron chi connectivity index (χ0n) is 11.5. The molecule has 1 N–H and O–H groups in total. The minimum absolute atomic E-state index is 0.0778. The van der Waals surface area contributed by atoms with E-state index in [1.807, 2.05) is 0 Å². The first kappa shape index (κ1) is 14.2. The Labute approximate surface area is 116 Å². The van der Waals surface area contributed by atoms with Crippen LogP contribution >= 0.6 is 11.8 Å². The van der Waals surface area contributed by atoms with Crippen molar-refractivity contribution >= 4 is 17.7 Å². The minimum Gasteiger partial charge on any atom is -0.478 e. The van der Waals surface area contributed by atoms with Crippen LogP contribution in [0.25, 0.3) is 0 Å². The van der Waals surface area contributed by atoms with E-state index in [9.17, 15) is 14.7 Å². The van der Waals surface area contributed by atoms with Crippen molar-refractivity contribution in [2.75, 3.05) is 6.26 Å². The molecule has 1 saturated carbocycles. The number of carboxylic acid groups (broad SMARTS) is 1. The average Bonchev–Trinajstić information content (AvgIpc) is 2.75. The lowest BCUT2D eigenvalue weighted by molar-refractivity contribution is 0.0694. The molecule has 0 spiro atoms. The van der Waals surface area contributed by atoms with Crippen molar-refractivity contribution in [3.63, 3.8) is 0 Å². The fourth-order valence-electron chi connectivity index (χ4n) is 3.11. The molecule has 1 heterocycles. The van der Waals surface area contributed by atoms with Crippen LogP contribution in [0.3, 0.4) is 0 Å². The molecule has 2 atom stereocenters. The molecule has 1 aromatic heterocycles. The monoisotopic (exact) mass is 281 g/mol. The highest BCUT2D eigenvalue weighted by molar-refractivity contribution is 7.99. The molecule has 5 heteroatoms. The van der Waals surface area contributed by atoms with Gasteiger partial charge in [-0.15, -0.1) is 0 Å². The largest absolute Gasteiger partial charge is 0.478 e. The van der Waals surface area contributed by atoms with Gasteiger partial charge in [-0.25, -0.2) is 4.79 Å². The molecular formula is C14H19NO3S. The number of carbonyl (C=O) groups is 1. The number of carboxylic acids is 1. The predicted molar refractivity (Wildman–Crippen MR) is 77.3 cm³/mol. The molecular weight excluding hydrogens is 262 g/mol. The molecule has 4 nitrogen and oxygen atoms in total. The third kappa shape index (κ3) is 2.43. The number of rotatable bonds is 3. The Balaban J connectivity index is 2.60. The summed E-state index contributed by atoms with van der Waals surface area (Å²) in [5.74, 6) is -0.956. The van der Waals surface area contributed by atoms with Gasteiger partial charge in [0.15, 0.2) is 0 Å². The zero-order chi connectivity index (χ0) is 14.2. The van der Waals surface area contributed by atoms with Crippen LogP contribution in [0.15, 0.2) is 10.9 Å². The van der Waals surface area contributed by atoms with Gasteiger partial charge in [0.1, 0.15) is 0 Å². The summed E-state index contributed by atoms with van der Waals surface area (Å²) in [4.78, 5) is 23.6. The summed E-state index contributed by atoms with van der Waals surface area (Å²) in [5, 5.41) is 9.71. The van der Waals surface area contributed by atoms with Crippen LogP contribution in [0.1, 0.15) is 46.9 Å². The van der Waals surface area contributed by atoms with Crippen molar-refractivity contribution in [1.82, 2.24) is 4.57 Å². The Morgan fingerprint density at radius 3 is 2.68 bits per heavy atom. The fourth-order valence-corrected chi connectivity index (χ4v) is 4.08. The Kier molecular flexibility index (Phi) is 4.04. The Hall–Kier alpha value is -1.23. The number of hydrogen-bond acceptors (Lipinski definition) is 3. The Morgan fingerprint density at radius 1 is 1.42 bits per heavy atom. The Morgan fingerprint density at radius 2 is 2.11 bits per heavy atom. The fraction of sp³-hybridized carbons (Fsp3) is 0.571. The third-order valence-corrected chi connectivity index (χ3v) is 5.12. The van der Waals surface area contributed by atoms with Crippen molar-refractivity contribution < 1.29 is 9.90 Å². The summed E-state index contributed by atoms with van der Waals surface area (Å²) in [6, 6.07) is 1.58. The second kappa shape index (κ2) is 5.41. The molecule has 1 aliphatic rings. The van der Waals surface area contributed by atoms with E-state index in [2.05, 4.69) is 6.26 Å². The van der Waals surface area contributed by atoms with Crippen molar-refractivity contribution in [3.05, 3.63) is 33.2 Å². The van der Waals surface area contributed by atoms with Crippen molar-refractivity contribution in [2.24, 2.45) is 0 Å².